The average molecular weight is 382 g/mol. The SMILES string of the molecule is CCNC(=NCc1ccc(C(=O)NC(C)CC)cc1)NCCc1ccccn1. The molecule has 0 saturated heterocycles. The van der Waals surface area contributed by atoms with Gasteiger partial charge in [0.1, 0.15) is 0 Å². The third kappa shape index (κ3) is 7.39. The summed E-state index contributed by atoms with van der Waals surface area (Å²) in [6, 6.07) is 13.7. The van der Waals surface area contributed by atoms with Gasteiger partial charge in [-0.3, -0.25) is 9.78 Å². The summed E-state index contributed by atoms with van der Waals surface area (Å²) >= 11 is 0. The largest absolute Gasteiger partial charge is 0.357 e. The average Bonchev–Trinajstić information content (AvgIpc) is 2.73. The predicted octanol–water partition coefficient (Wildman–Crippen LogP) is 2.91. The van der Waals surface area contributed by atoms with E-state index in [0.29, 0.717) is 12.1 Å². The number of guanidine groups is 1. The molecule has 6 nitrogen and oxygen atoms in total. The number of amides is 1. The van der Waals surface area contributed by atoms with Crippen LogP contribution in [0.5, 0.6) is 0 Å². The number of pyridine rings is 1. The number of aliphatic imine (C=N–C) groups is 1. The van der Waals surface area contributed by atoms with Crippen LogP contribution in [0.1, 0.15) is 48.8 Å². The number of hydrogen-bond acceptors (Lipinski definition) is 3. The lowest BCUT2D eigenvalue weighted by Gasteiger charge is -2.12. The smallest absolute Gasteiger partial charge is 0.251 e. The van der Waals surface area contributed by atoms with Gasteiger partial charge in [-0.2, -0.15) is 0 Å². The minimum Gasteiger partial charge on any atom is -0.357 e. The summed E-state index contributed by atoms with van der Waals surface area (Å²) in [5, 5.41) is 9.56. The topological polar surface area (TPSA) is 78.4 Å². The number of nitrogens with zero attached hydrogens (tertiary/aromatic N) is 2. The second kappa shape index (κ2) is 11.7. The number of benzene rings is 1. The zero-order chi connectivity index (χ0) is 20.2. The van der Waals surface area contributed by atoms with Gasteiger partial charge in [0.2, 0.25) is 0 Å². The molecule has 2 rings (SSSR count). The lowest BCUT2D eigenvalue weighted by Crippen LogP contribution is -2.38. The first kappa shape index (κ1) is 21.4. The molecule has 0 bridgehead atoms. The standard InChI is InChI=1S/C22H31N5O/c1-4-17(3)27-21(28)19-11-9-18(10-12-19)16-26-22(23-5-2)25-15-13-20-8-6-7-14-24-20/h6-12,14,17H,4-5,13,15-16H2,1-3H3,(H,27,28)(H2,23,25,26). The summed E-state index contributed by atoms with van der Waals surface area (Å²) in [5.41, 5.74) is 2.78. The van der Waals surface area contributed by atoms with E-state index in [2.05, 4.69) is 32.9 Å². The summed E-state index contributed by atoms with van der Waals surface area (Å²) in [5.74, 6) is 0.742. The van der Waals surface area contributed by atoms with E-state index >= 15 is 0 Å². The summed E-state index contributed by atoms with van der Waals surface area (Å²) < 4.78 is 0. The van der Waals surface area contributed by atoms with Crippen molar-refractivity contribution in [1.29, 1.82) is 0 Å². The van der Waals surface area contributed by atoms with Crippen LogP contribution in [0.4, 0.5) is 0 Å². The Bertz CT molecular complexity index is 743. The van der Waals surface area contributed by atoms with E-state index in [4.69, 9.17) is 0 Å². The van der Waals surface area contributed by atoms with Crippen LogP contribution in [0.3, 0.4) is 0 Å². The Hall–Kier alpha value is -2.89. The molecular formula is C22H31N5O. The van der Waals surface area contributed by atoms with Crippen molar-refractivity contribution in [3.63, 3.8) is 0 Å². The van der Waals surface area contributed by atoms with Gasteiger partial charge in [-0.15, -0.1) is 0 Å². The van der Waals surface area contributed by atoms with Gasteiger partial charge in [0.15, 0.2) is 5.96 Å². The van der Waals surface area contributed by atoms with Gasteiger partial charge in [0, 0.05) is 43.0 Å². The van der Waals surface area contributed by atoms with Crippen molar-refractivity contribution < 1.29 is 4.79 Å². The van der Waals surface area contributed by atoms with Crippen molar-refractivity contribution in [1.82, 2.24) is 20.9 Å². The molecule has 1 amide bonds. The number of aromatic nitrogens is 1. The zero-order valence-electron chi connectivity index (χ0n) is 17.0. The lowest BCUT2D eigenvalue weighted by molar-refractivity contribution is 0.0939. The molecule has 1 heterocycles. The van der Waals surface area contributed by atoms with Gasteiger partial charge >= 0.3 is 0 Å². The Kier molecular flexibility index (Phi) is 8.98. The Morgan fingerprint density at radius 1 is 1.11 bits per heavy atom. The Morgan fingerprint density at radius 3 is 2.54 bits per heavy atom. The van der Waals surface area contributed by atoms with Crippen molar-refractivity contribution in [2.45, 2.75) is 46.2 Å². The second-order valence-corrected chi connectivity index (χ2v) is 6.67. The highest BCUT2D eigenvalue weighted by molar-refractivity contribution is 5.94. The van der Waals surface area contributed by atoms with E-state index in [1.807, 2.05) is 62.5 Å². The summed E-state index contributed by atoms with van der Waals surface area (Å²) in [4.78, 5) is 21.1. The summed E-state index contributed by atoms with van der Waals surface area (Å²) in [6.07, 6.45) is 3.56. The third-order valence-corrected chi connectivity index (χ3v) is 4.37. The van der Waals surface area contributed by atoms with Gasteiger partial charge in [-0.05, 0) is 50.1 Å². The first-order chi connectivity index (χ1) is 13.6. The highest BCUT2D eigenvalue weighted by Gasteiger charge is 2.08. The molecule has 1 unspecified atom stereocenters. The molecule has 3 N–H and O–H groups in total. The van der Waals surface area contributed by atoms with Gasteiger partial charge in [0.25, 0.3) is 5.91 Å². The van der Waals surface area contributed by atoms with Gasteiger partial charge in [-0.25, -0.2) is 4.99 Å². The molecule has 0 aliphatic carbocycles. The fourth-order valence-electron chi connectivity index (χ4n) is 2.54. The molecule has 0 spiro atoms. The van der Waals surface area contributed by atoms with Crippen LogP contribution in [0.2, 0.25) is 0 Å². The molecule has 0 saturated carbocycles. The molecule has 0 radical (unpaired) electrons. The Morgan fingerprint density at radius 2 is 1.89 bits per heavy atom. The molecule has 1 aromatic heterocycles. The van der Waals surface area contributed by atoms with Gasteiger partial charge in [0.05, 0.1) is 6.54 Å². The quantitative estimate of drug-likeness (QED) is 0.461. The minimum absolute atomic E-state index is 0.0334. The van der Waals surface area contributed by atoms with Gasteiger partial charge in [-0.1, -0.05) is 25.1 Å². The second-order valence-electron chi connectivity index (χ2n) is 6.67. The zero-order valence-corrected chi connectivity index (χ0v) is 17.0. The first-order valence-electron chi connectivity index (χ1n) is 9.94. The van der Waals surface area contributed by atoms with Crippen molar-refractivity contribution in [2.75, 3.05) is 13.1 Å². The normalized spacial score (nSPS) is 12.3. The maximum atomic E-state index is 12.1. The van der Waals surface area contributed by atoms with Crippen LogP contribution in [-0.2, 0) is 13.0 Å². The third-order valence-electron chi connectivity index (χ3n) is 4.37. The lowest BCUT2D eigenvalue weighted by atomic mass is 10.1. The summed E-state index contributed by atoms with van der Waals surface area (Å²) in [6.45, 7) is 8.21. The molecule has 2 aromatic rings. The molecule has 0 fully saturated rings. The first-order valence-corrected chi connectivity index (χ1v) is 9.94. The van der Waals surface area contributed by atoms with E-state index in [1.54, 1.807) is 0 Å². The number of carbonyl (C=O) groups excluding carboxylic acids is 1. The number of nitrogens with one attached hydrogen (secondary N) is 3. The van der Waals surface area contributed by atoms with Crippen LogP contribution in [0.25, 0.3) is 0 Å². The van der Waals surface area contributed by atoms with E-state index < -0.39 is 0 Å². The van der Waals surface area contributed by atoms with E-state index in [1.165, 1.54) is 0 Å². The van der Waals surface area contributed by atoms with Crippen molar-refractivity contribution in [2.24, 2.45) is 4.99 Å². The molecular weight excluding hydrogens is 350 g/mol. The van der Waals surface area contributed by atoms with Crippen LogP contribution >= 0.6 is 0 Å². The molecule has 1 atom stereocenters. The number of carbonyl (C=O) groups is 1. The maximum absolute atomic E-state index is 12.1. The van der Waals surface area contributed by atoms with Crippen molar-refractivity contribution in [3.05, 3.63) is 65.5 Å². The Labute approximate surface area is 167 Å². The highest BCUT2D eigenvalue weighted by atomic mass is 16.1. The van der Waals surface area contributed by atoms with E-state index in [0.717, 1.165) is 43.1 Å². The molecule has 6 heteroatoms. The minimum atomic E-state index is -0.0334. The monoisotopic (exact) mass is 381 g/mol. The molecule has 28 heavy (non-hydrogen) atoms. The van der Waals surface area contributed by atoms with E-state index in [-0.39, 0.29) is 11.9 Å². The Balaban J connectivity index is 1.88. The highest BCUT2D eigenvalue weighted by Crippen LogP contribution is 2.06. The molecule has 0 aliphatic heterocycles. The summed E-state index contributed by atoms with van der Waals surface area (Å²) in [7, 11) is 0. The van der Waals surface area contributed by atoms with Crippen LogP contribution < -0.4 is 16.0 Å². The fourth-order valence-corrected chi connectivity index (χ4v) is 2.54. The number of rotatable bonds is 9. The van der Waals surface area contributed by atoms with Crippen molar-refractivity contribution in [3.8, 4) is 0 Å². The molecule has 150 valence electrons. The fraction of sp³-hybridized carbons (Fsp3) is 0.409. The predicted molar refractivity (Wildman–Crippen MR) is 114 cm³/mol. The van der Waals surface area contributed by atoms with Crippen LogP contribution in [0.15, 0.2) is 53.7 Å². The van der Waals surface area contributed by atoms with Crippen molar-refractivity contribution >= 4 is 11.9 Å². The maximum Gasteiger partial charge on any atom is 0.251 e. The number of hydrogen-bond donors (Lipinski definition) is 3. The van der Waals surface area contributed by atoms with Crippen LogP contribution in [-0.4, -0.2) is 36.0 Å². The van der Waals surface area contributed by atoms with Crippen LogP contribution in [0, 0.1) is 0 Å². The molecule has 0 aliphatic rings. The molecule has 1 aromatic carbocycles. The van der Waals surface area contributed by atoms with E-state index in [9.17, 15) is 4.79 Å². The van der Waals surface area contributed by atoms with Gasteiger partial charge < -0.3 is 16.0 Å².